The van der Waals surface area contributed by atoms with Gasteiger partial charge in [-0.05, 0) is 38.4 Å². The maximum Gasteiger partial charge on any atom is 0.224 e. The zero-order chi connectivity index (χ0) is 16.5. The molecular weight excluding hydrogens is 288 g/mol. The number of piperidine rings is 1. The first kappa shape index (κ1) is 17.8. The summed E-state index contributed by atoms with van der Waals surface area (Å²) in [6.07, 6.45) is 5.47. The topological polar surface area (TPSA) is 32.8 Å². The van der Waals surface area contributed by atoms with Crippen LogP contribution in [0.15, 0.2) is 24.3 Å². The standard InChI is InChI=1S/C19H30N2O2/c1-3-12-21(16-17-9-5-6-10-18(17)23-2)19(22)11-15-20-13-7-4-8-14-20/h5-6,9-10H,3-4,7-8,11-16H2,1-2H3. The van der Waals surface area contributed by atoms with Crippen LogP contribution >= 0.6 is 0 Å². The molecule has 0 unspecified atom stereocenters. The number of amides is 1. The number of hydrogen-bond acceptors (Lipinski definition) is 3. The number of methoxy groups -OCH3 is 1. The molecule has 0 aromatic heterocycles. The Morgan fingerprint density at radius 3 is 2.65 bits per heavy atom. The minimum Gasteiger partial charge on any atom is -0.496 e. The Labute approximate surface area is 140 Å². The highest BCUT2D eigenvalue weighted by molar-refractivity contribution is 5.76. The second-order valence-electron chi connectivity index (χ2n) is 6.28. The van der Waals surface area contributed by atoms with Gasteiger partial charge in [0.2, 0.25) is 5.91 Å². The highest BCUT2D eigenvalue weighted by atomic mass is 16.5. The van der Waals surface area contributed by atoms with Crippen LogP contribution in [0.5, 0.6) is 5.75 Å². The molecule has 1 saturated heterocycles. The molecule has 1 aliphatic heterocycles. The number of benzene rings is 1. The molecule has 2 rings (SSSR count). The number of nitrogens with zero attached hydrogens (tertiary/aromatic N) is 2. The number of rotatable bonds is 8. The number of hydrogen-bond donors (Lipinski definition) is 0. The highest BCUT2D eigenvalue weighted by Gasteiger charge is 2.17. The van der Waals surface area contributed by atoms with Crippen LogP contribution in [0.4, 0.5) is 0 Å². The minimum atomic E-state index is 0.253. The Kier molecular flexibility index (Phi) is 7.40. The molecule has 0 spiro atoms. The maximum atomic E-state index is 12.6. The monoisotopic (exact) mass is 318 g/mol. The molecule has 1 amide bonds. The van der Waals surface area contributed by atoms with Crippen molar-refractivity contribution < 1.29 is 9.53 Å². The minimum absolute atomic E-state index is 0.253. The summed E-state index contributed by atoms with van der Waals surface area (Å²) in [5.41, 5.74) is 1.08. The van der Waals surface area contributed by atoms with Gasteiger partial charge in [0.05, 0.1) is 7.11 Å². The normalized spacial score (nSPS) is 15.4. The summed E-state index contributed by atoms with van der Waals surface area (Å²) < 4.78 is 5.41. The van der Waals surface area contributed by atoms with E-state index in [-0.39, 0.29) is 5.91 Å². The van der Waals surface area contributed by atoms with Crippen LogP contribution in [0.2, 0.25) is 0 Å². The Hall–Kier alpha value is -1.55. The predicted octanol–water partition coefficient (Wildman–Crippen LogP) is 3.31. The van der Waals surface area contributed by atoms with E-state index in [1.807, 2.05) is 29.2 Å². The van der Waals surface area contributed by atoms with E-state index in [1.165, 1.54) is 19.3 Å². The summed E-state index contributed by atoms with van der Waals surface area (Å²) >= 11 is 0. The molecule has 1 aromatic carbocycles. The number of carbonyl (C=O) groups excluding carboxylic acids is 1. The molecule has 1 fully saturated rings. The quantitative estimate of drug-likeness (QED) is 0.737. The van der Waals surface area contributed by atoms with Gasteiger partial charge in [-0.15, -0.1) is 0 Å². The van der Waals surface area contributed by atoms with Crippen molar-refractivity contribution in [1.29, 1.82) is 0 Å². The van der Waals surface area contributed by atoms with Gasteiger partial charge in [-0.25, -0.2) is 0 Å². The van der Waals surface area contributed by atoms with E-state index in [9.17, 15) is 4.79 Å². The van der Waals surface area contributed by atoms with Crippen LogP contribution in [-0.2, 0) is 11.3 Å². The summed E-state index contributed by atoms with van der Waals surface area (Å²) in [6.45, 7) is 6.74. The van der Waals surface area contributed by atoms with Crippen molar-refractivity contribution >= 4 is 5.91 Å². The summed E-state index contributed by atoms with van der Waals surface area (Å²) in [5, 5.41) is 0. The van der Waals surface area contributed by atoms with E-state index < -0.39 is 0 Å². The van der Waals surface area contributed by atoms with Crippen molar-refractivity contribution in [2.75, 3.05) is 33.3 Å². The van der Waals surface area contributed by atoms with Crippen molar-refractivity contribution in [3.05, 3.63) is 29.8 Å². The second kappa shape index (κ2) is 9.56. The van der Waals surface area contributed by atoms with Crippen molar-refractivity contribution in [3.63, 3.8) is 0 Å². The SMILES string of the molecule is CCCN(Cc1ccccc1OC)C(=O)CCN1CCCCC1. The lowest BCUT2D eigenvalue weighted by Gasteiger charge is -2.28. The molecule has 4 heteroatoms. The van der Waals surface area contributed by atoms with E-state index >= 15 is 0 Å². The summed E-state index contributed by atoms with van der Waals surface area (Å²) in [4.78, 5) is 17.0. The zero-order valence-electron chi connectivity index (χ0n) is 14.6. The molecule has 0 aliphatic carbocycles. The summed E-state index contributed by atoms with van der Waals surface area (Å²) in [7, 11) is 1.68. The number of carbonyl (C=O) groups is 1. The van der Waals surface area contributed by atoms with Gasteiger partial charge in [0.1, 0.15) is 5.75 Å². The van der Waals surface area contributed by atoms with Crippen molar-refractivity contribution in [2.45, 2.75) is 45.6 Å². The third kappa shape index (κ3) is 5.54. The predicted molar refractivity (Wildman–Crippen MR) is 93.6 cm³/mol. The molecule has 1 aliphatic rings. The van der Waals surface area contributed by atoms with Gasteiger partial charge in [-0.3, -0.25) is 4.79 Å². The van der Waals surface area contributed by atoms with Gasteiger partial charge in [-0.1, -0.05) is 31.5 Å². The molecule has 1 aromatic rings. The average Bonchev–Trinajstić information content (AvgIpc) is 2.60. The van der Waals surface area contributed by atoms with Crippen molar-refractivity contribution in [2.24, 2.45) is 0 Å². The Morgan fingerprint density at radius 1 is 1.22 bits per heavy atom. The third-order valence-corrected chi connectivity index (χ3v) is 4.49. The van der Waals surface area contributed by atoms with E-state index in [0.717, 1.165) is 43.9 Å². The first-order valence-electron chi connectivity index (χ1n) is 8.86. The van der Waals surface area contributed by atoms with Crippen molar-refractivity contribution in [3.8, 4) is 5.75 Å². The van der Waals surface area contributed by atoms with E-state index in [4.69, 9.17) is 4.74 Å². The fourth-order valence-corrected chi connectivity index (χ4v) is 3.20. The fourth-order valence-electron chi connectivity index (χ4n) is 3.20. The van der Waals surface area contributed by atoms with Crippen molar-refractivity contribution in [1.82, 2.24) is 9.80 Å². The van der Waals surface area contributed by atoms with Gasteiger partial charge >= 0.3 is 0 Å². The van der Waals surface area contributed by atoms with Crippen LogP contribution in [-0.4, -0.2) is 49.0 Å². The molecule has 0 N–H and O–H groups in total. The molecular formula is C19H30N2O2. The summed E-state index contributed by atoms with van der Waals surface area (Å²) in [6, 6.07) is 7.96. The fraction of sp³-hybridized carbons (Fsp3) is 0.632. The molecule has 1 heterocycles. The van der Waals surface area contributed by atoms with Crippen LogP contribution < -0.4 is 4.74 Å². The third-order valence-electron chi connectivity index (χ3n) is 4.49. The van der Waals surface area contributed by atoms with Gasteiger partial charge < -0.3 is 14.5 Å². The Balaban J connectivity index is 1.92. The Bertz CT molecular complexity index is 484. The number of ether oxygens (including phenoxy) is 1. The smallest absolute Gasteiger partial charge is 0.224 e. The van der Waals surface area contributed by atoms with Crippen LogP contribution in [0.1, 0.15) is 44.6 Å². The van der Waals surface area contributed by atoms with E-state index in [0.29, 0.717) is 13.0 Å². The molecule has 23 heavy (non-hydrogen) atoms. The maximum absolute atomic E-state index is 12.6. The lowest BCUT2D eigenvalue weighted by atomic mass is 10.1. The molecule has 0 saturated carbocycles. The average molecular weight is 318 g/mol. The van der Waals surface area contributed by atoms with Gasteiger partial charge in [0, 0.05) is 31.6 Å². The lowest BCUT2D eigenvalue weighted by molar-refractivity contribution is -0.132. The molecule has 0 bridgehead atoms. The number of para-hydroxylation sites is 1. The lowest BCUT2D eigenvalue weighted by Crippen LogP contribution is -2.36. The van der Waals surface area contributed by atoms with Gasteiger partial charge in [0.25, 0.3) is 0 Å². The first-order chi connectivity index (χ1) is 11.2. The van der Waals surface area contributed by atoms with Gasteiger partial charge in [0.15, 0.2) is 0 Å². The largest absolute Gasteiger partial charge is 0.496 e. The van der Waals surface area contributed by atoms with Gasteiger partial charge in [-0.2, -0.15) is 0 Å². The number of likely N-dealkylation sites (tertiary alicyclic amines) is 1. The molecule has 128 valence electrons. The molecule has 4 nitrogen and oxygen atoms in total. The van der Waals surface area contributed by atoms with E-state index in [2.05, 4.69) is 11.8 Å². The van der Waals surface area contributed by atoms with Crippen LogP contribution in [0.3, 0.4) is 0 Å². The highest BCUT2D eigenvalue weighted by Crippen LogP contribution is 2.20. The zero-order valence-corrected chi connectivity index (χ0v) is 14.6. The van der Waals surface area contributed by atoms with E-state index in [1.54, 1.807) is 7.11 Å². The molecule has 0 atom stereocenters. The molecule has 0 radical (unpaired) electrons. The van der Waals surface area contributed by atoms with Crippen LogP contribution in [0, 0.1) is 0 Å². The first-order valence-corrected chi connectivity index (χ1v) is 8.86. The Morgan fingerprint density at radius 2 is 1.96 bits per heavy atom. The second-order valence-corrected chi connectivity index (χ2v) is 6.28. The summed E-state index contributed by atoms with van der Waals surface area (Å²) in [5.74, 6) is 1.11. The van der Waals surface area contributed by atoms with Crippen LogP contribution in [0.25, 0.3) is 0 Å².